The SMILES string of the molecule is COC(=O)CCCN(C)C(=O)CN. The molecule has 0 saturated carbocycles. The Morgan fingerprint density at radius 2 is 2.08 bits per heavy atom. The molecule has 2 N–H and O–H groups in total. The first-order valence-electron chi connectivity index (χ1n) is 4.12. The number of amides is 1. The molecule has 0 aromatic heterocycles. The maximum absolute atomic E-state index is 10.9. The van der Waals surface area contributed by atoms with Gasteiger partial charge in [0.15, 0.2) is 0 Å². The molecule has 0 heterocycles. The molecule has 0 saturated heterocycles. The zero-order chi connectivity index (χ0) is 10.3. The van der Waals surface area contributed by atoms with Crippen LogP contribution in [-0.2, 0) is 14.3 Å². The lowest BCUT2D eigenvalue weighted by atomic mass is 10.3. The summed E-state index contributed by atoms with van der Waals surface area (Å²) in [6.07, 6.45) is 0.938. The first-order valence-corrected chi connectivity index (χ1v) is 4.12. The van der Waals surface area contributed by atoms with Gasteiger partial charge in [-0.1, -0.05) is 0 Å². The molecule has 76 valence electrons. The summed E-state index contributed by atoms with van der Waals surface area (Å²) in [4.78, 5) is 23.1. The van der Waals surface area contributed by atoms with Gasteiger partial charge in [0.2, 0.25) is 5.91 Å². The van der Waals surface area contributed by atoms with Crippen LogP contribution in [0.15, 0.2) is 0 Å². The number of likely N-dealkylation sites (N-methyl/N-ethyl adjacent to an activating group) is 1. The number of hydrogen-bond donors (Lipinski definition) is 1. The molecule has 0 fully saturated rings. The van der Waals surface area contributed by atoms with Crippen LogP contribution in [0.4, 0.5) is 0 Å². The Kier molecular flexibility index (Phi) is 5.88. The number of nitrogens with zero attached hydrogens (tertiary/aromatic N) is 1. The minimum atomic E-state index is -0.256. The van der Waals surface area contributed by atoms with Crippen molar-refractivity contribution in [3.63, 3.8) is 0 Å². The fourth-order valence-electron chi connectivity index (χ4n) is 0.843. The van der Waals surface area contributed by atoms with Gasteiger partial charge in [-0.25, -0.2) is 0 Å². The first kappa shape index (κ1) is 11.9. The van der Waals surface area contributed by atoms with Crippen molar-refractivity contribution in [2.45, 2.75) is 12.8 Å². The molecule has 0 aliphatic heterocycles. The van der Waals surface area contributed by atoms with E-state index in [4.69, 9.17) is 5.73 Å². The second-order valence-electron chi connectivity index (χ2n) is 2.70. The molecule has 0 aliphatic carbocycles. The van der Waals surface area contributed by atoms with Crippen LogP contribution in [0.3, 0.4) is 0 Å². The summed E-state index contributed by atoms with van der Waals surface area (Å²) >= 11 is 0. The fraction of sp³-hybridized carbons (Fsp3) is 0.750. The lowest BCUT2D eigenvalue weighted by Gasteiger charge is -2.15. The summed E-state index contributed by atoms with van der Waals surface area (Å²) in [6.45, 7) is 0.542. The van der Waals surface area contributed by atoms with Gasteiger partial charge in [-0.2, -0.15) is 0 Å². The van der Waals surface area contributed by atoms with E-state index in [0.29, 0.717) is 19.4 Å². The van der Waals surface area contributed by atoms with E-state index in [1.54, 1.807) is 7.05 Å². The minimum Gasteiger partial charge on any atom is -0.469 e. The third-order valence-electron chi connectivity index (χ3n) is 1.70. The average molecular weight is 188 g/mol. The Morgan fingerprint density at radius 3 is 2.54 bits per heavy atom. The number of ether oxygens (including phenoxy) is 1. The summed E-state index contributed by atoms with van der Waals surface area (Å²) in [6, 6.07) is 0. The van der Waals surface area contributed by atoms with Crippen molar-refractivity contribution < 1.29 is 14.3 Å². The highest BCUT2D eigenvalue weighted by Crippen LogP contribution is 1.94. The maximum Gasteiger partial charge on any atom is 0.305 e. The van der Waals surface area contributed by atoms with Gasteiger partial charge in [-0.15, -0.1) is 0 Å². The van der Waals surface area contributed by atoms with E-state index in [0.717, 1.165) is 0 Å². The predicted octanol–water partition coefficient (Wildman–Crippen LogP) is -0.643. The van der Waals surface area contributed by atoms with Crippen LogP contribution in [0.25, 0.3) is 0 Å². The summed E-state index contributed by atoms with van der Waals surface area (Å²) < 4.78 is 4.45. The molecular weight excluding hydrogens is 172 g/mol. The molecule has 0 radical (unpaired) electrons. The molecule has 0 aliphatic rings. The van der Waals surface area contributed by atoms with Gasteiger partial charge in [-0.3, -0.25) is 9.59 Å². The van der Waals surface area contributed by atoms with E-state index >= 15 is 0 Å². The highest BCUT2D eigenvalue weighted by molar-refractivity contribution is 5.77. The highest BCUT2D eigenvalue weighted by atomic mass is 16.5. The highest BCUT2D eigenvalue weighted by Gasteiger charge is 2.06. The summed E-state index contributed by atoms with van der Waals surface area (Å²) in [5.41, 5.74) is 5.15. The van der Waals surface area contributed by atoms with Gasteiger partial charge in [0.1, 0.15) is 0 Å². The van der Waals surface area contributed by atoms with Crippen LogP contribution in [0.5, 0.6) is 0 Å². The number of methoxy groups -OCH3 is 1. The summed E-state index contributed by atoms with van der Waals surface area (Å²) in [7, 11) is 3.00. The Labute approximate surface area is 77.8 Å². The van der Waals surface area contributed by atoms with Gasteiger partial charge >= 0.3 is 5.97 Å². The van der Waals surface area contributed by atoms with Gasteiger partial charge < -0.3 is 15.4 Å². The van der Waals surface area contributed by atoms with Gasteiger partial charge in [0.25, 0.3) is 0 Å². The molecule has 0 aromatic rings. The molecule has 0 spiro atoms. The minimum absolute atomic E-state index is 0.00865. The van der Waals surface area contributed by atoms with E-state index in [2.05, 4.69) is 4.74 Å². The van der Waals surface area contributed by atoms with Gasteiger partial charge in [-0.05, 0) is 6.42 Å². The van der Waals surface area contributed by atoms with E-state index in [-0.39, 0.29) is 18.4 Å². The number of carbonyl (C=O) groups is 2. The first-order chi connectivity index (χ1) is 6.11. The van der Waals surface area contributed by atoms with Crippen LogP contribution >= 0.6 is 0 Å². The Morgan fingerprint density at radius 1 is 1.46 bits per heavy atom. The number of carbonyl (C=O) groups excluding carboxylic acids is 2. The Hall–Kier alpha value is -1.10. The van der Waals surface area contributed by atoms with Crippen molar-refractivity contribution in [2.24, 2.45) is 5.73 Å². The van der Waals surface area contributed by atoms with Crippen molar-refractivity contribution in [2.75, 3.05) is 27.2 Å². The van der Waals surface area contributed by atoms with Gasteiger partial charge in [0.05, 0.1) is 13.7 Å². The fourth-order valence-corrected chi connectivity index (χ4v) is 0.843. The van der Waals surface area contributed by atoms with E-state index < -0.39 is 0 Å². The summed E-state index contributed by atoms with van der Waals surface area (Å²) in [5.74, 6) is -0.376. The molecule has 1 amide bonds. The zero-order valence-electron chi connectivity index (χ0n) is 8.08. The molecule has 0 atom stereocenters. The third kappa shape index (κ3) is 5.19. The number of nitrogens with two attached hydrogens (primary N) is 1. The monoisotopic (exact) mass is 188 g/mol. The van der Waals surface area contributed by atoms with E-state index in [1.165, 1.54) is 12.0 Å². The number of esters is 1. The molecule has 13 heavy (non-hydrogen) atoms. The van der Waals surface area contributed by atoms with Crippen molar-refractivity contribution >= 4 is 11.9 Å². The standard InChI is InChI=1S/C8H16N2O3/c1-10(7(11)6-9)5-3-4-8(12)13-2/h3-6,9H2,1-2H3. The van der Waals surface area contributed by atoms with Crippen molar-refractivity contribution in [3.8, 4) is 0 Å². The lowest BCUT2D eigenvalue weighted by molar-refractivity contribution is -0.141. The average Bonchev–Trinajstić information content (AvgIpc) is 2.15. The topological polar surface area (TPSA) is 72.6 Å². The van der Waals surface area contributed by atoms with Crippen molar-refractivity contribution in [1.82, 2.24) is 4.90 Å². The number of hydrogen-bond acceptors (Lipinski definition) is 4. The van der Waals surface area contributed by atoms with Crippen molar-refractivity contribution in [1.29, 1.82) is 0 Å². The van der Waals surface area contributed by atoms with Crippen LogP contribution in [0.2, 0.25) is 0 Å². The van der Waals surface area contributed by atoms with Crippen LogP contribution in [0, 0.1) is 0 Å². The Bertz CT molecular complexity index is 182. The zero-order valence-corrected chi connectivity index (χ0v) is 8.08. The lowest BCUT2D eigenvalue weighted by Crippen LogP contribution is -2.33. The van der Waals surface area contributed by atoms with E-state index in [1.807, 2.05) is 0 Å². The molecule has 0 aromatic carbocycles. The third-order valence-corrected chi connectivity index (χ3v) is 1.70. The predicted molar refractivity (Wildman–Crippen MR) is 47.9 cm³/mol. The normalized spacial score (nSPS) is 9.46. The maximum atomic E-state index is 10.9. The second-order valence-corrected chi connectivity index (χ2v) is 2.70. The molecule has 0 rings (SSSR count). The molecule has 0 unspecified atom stereocenters. The summed E-state index contributed by atoms with van der Waals surface area (Å²) in [5, 5.41) is 0. The number of rotatable bonds is 5. The molecule has 5 heteroatoms. The second kappa shape index (κ2) is 6.42. The molecule has 5 nitrogen and oxygen atoms in total. The van der Waals surface area contributed by atoms with Crippen LogP contribution < -0.4 is 5.73 Å². The quantitative estimate of drug-likeness (QED) is 0.582. The van der Waals surface area contributed by atoms with E-state index in [9.17, 15) is 9.59 Å². The van der Waals surface area contributed by atoms with Crippen molar-refractivity contribution in [3.05, 3.63) is 0 Å². The molecular formula is C8H16N2O3. The molecule has 0 bridgehead atoms. The Balaban J connectivity index is 3.53. The van der Waals surface area contributed by atoms with Gasteiger partial charge in [0, 0.05) is 20.0 Å². The van der Waals surface area contributed by atoms with Crippen LogP contribution in [0.1, 0.15) is 12.8 Å². The van der Waals surface area contributed by atoms with Crippen LogP contribution in [-0.4, -0.2) is 44.0 Å². The largest absolute Gasteiger partial charge is 0.469 e. The smallest absolute Gasteiger partial charge is 0.305 e.